The number of hydrogen-bond acceptors (Lipinski definition) is 4. The fourth-order valence-corrected chi connectivity index (χ4v) is 5.82. The van der Waals surface area contributed by atoms with Gasteiger partial charge in [0.25, 0.3) is 5.91 Å². The zero-order valence-corrected chi connectivity index (χ0v) is 17.6. The van der Waals surface area contributed by atoms with E-state index >= 15 is 0 Å². The number of allylic oxidation sites excluding steroid dienone is 5. The van der Waals surface area contributed by atoms with E-state index in [1.165, 1.54) is 17.5 Å². The predicted octanol–water partition coefficient (Wildman–Crippen LogP) is 3.41. The van der Waals surface area contributed by atoms with Crippen LogP contribution in [0.4, 0.5) is 0 Å². The van der Waals surface area contributed by atoms with Crippen molar-refractivity contribution in [3.05, 3.63) is 35.1 Å². The number of hydrogen-bond donors (Lipinski definition) is 2. The van der Waals surface area contributed by atoms with Crippen LogP contribution in [-0.2, 0) is 9.59 Å². The maximum absolute atomic E-state index is 12.9. The summed E-state index contributed by atoms with van der Waals surface area (Å²) in [4.78, 5) is 26.9. The Labute approximate surface area is 167 Å². The molecule has 1 saturated heterocycles. The summed E-state index contributed by atoms with van der Waals surface area (Å²) in [5.74, 6) is -0.00149. The highest BCUT2D eigenvalue weighted by Gasteiger charge is 2.55. The Balaban J connectivity index is 2.19. The van der Waals surface area contributed by atoms with E-state index in [1.807, 2.05) is 19.9 Å². The lowest BCUT2D eigenvalue weighted by molar-refractivity contribution is -0.126. The number of rotatable bonds is 3. The summed E-state index contributed by atoms with van der Waals surface area (Å²) in [6.07, 6.45) is 9.49. The molecule has 1 heterocycles. The van der Waals surface area contributed by atoms with Crippen molar-refractivity contribution in [3.8, 4) is 0 Å². The first-order valence-electron chi connectivity index (χ1n) is 10.3. The van der Waals surface area contributed by atoms with Crippen LogP contribution in [0, 0.1) is 29.1 Å². The van der Waals surface area contributed by atoms with Crippen LogP contribution in [0.5, 0.6) is 0 Å². The van der Waals surface area contributed by atoms with E-state index in [2.05, 4.69) is 26.0 Å². The van der Waals surface area contributed by atoms with Gasteiger partial charge in [-0.1, -0.05) is 44.1 Å². The molecule has 0 aromatic rings. The van der Waals surface area contributed by atoms with Crippen LogP contribution in [0.2, 0.25) is 0 Å². The third kappa shape index (κ3) is 2.95. The fourth-order valence-electron chi connectivity index (χ4n) is 5.82. The zero-order chi connectivity index (χ0) is 20.8. The lowest BCUT2D eigenvalue weighted by Crippen LogP contribution is -2.46. The van der Waals surface area contributed by atoms with Crippen molar-refractivity contribution in [1.29, 1.82) is 0 Å². The second kappa shape index (κ2) is 7.51. The van der Waals surface area contributed by atoms with E-state index in [-0.39, 0.29) is 23.2 Å². The molecule has 28 heavy (non-hydrogen) atoms. The summed E-state index contributed by atoms with van der Waals surface area (Å²) in [5.41, 5.74) is 0.320. The molecule has 1 aliphatic heterocycles. The standard InChI is InChI=1S/C23H33NO4/c1-6-7-16-14(3)11-15-10-13(2)8-9-17(15)23(16,4)21(27)19-20(26)18(12-25)24(5)22(19)28/h6-7,11,13,15-18,25,27H,8-10,12H2,1-5H3/t13-,15+,16-,17-,18-,23-/m0/s1. The molecular formula is C23H33NO4. The fraction of sp³-hybridized carbons (Fsp3) is 0.652. The minimum Gasteiger partial charge on any atom is -0.511 e. The van der Waals surface area contributed by atoms with Gasteiger partial charge in [-0.2, -0.15) is 0 Å². The lowest BCUT2D eigenvalue weighted by atomic mass is 9.52. The molecule has 1 amide bonds. The summed E-state index contributed by atoms with van der Waals surface area (Å²) in [7, 11) is 1.50. The smallest absolute Gasteiger partial charge is 0.261 e. The van der Waals surface area contributed by atoms with Crippen molar-refractivity contribution in [2.75, 3.05) is 13.7 Å². The van der Waals surface area contributed by atoms with E-state index in [9.17, 15) is 19.8 Å². The molecule has 3 aliphatic rings. The van der Waals surface area contributed by atoms with Gasteiger partial charge in [0, 0.05) is 18.4 Å². The van der Waals surface area contributed by atoms with Gasteiger partial charge in [-0.05, 0) is 44.4 Å². The molecule has 0 spiro atoms. The highest BCUT2D eigenvalue weighted by atomic mass is 16.3. The first-order valence-corrected chi connectivity index (χ1v) is 10.3. The number of aliphatic hydroxyl groups excluding tert-OH is 2. The minimum atomic E-state index is -0.907. The Kier molecular flexibility index (Phi) is 5.59. The predicted molar refractivity (Wildman–Crippen MR) is 108 cm³/mol. The maximum atomic E-state index is 12.9. The number of likely N-dealkylation sites (N-methyl/N-ethyl adjacent to an activating group) is 1. The van der Waals surface area contributed by atoms with Gasteiger partial charge < -0.3 is 15.1 Å². The number of carbonyl (C=O) groups is 2. The summed E-state index contributed by atoms with van der Waals surface area (Å²) in [6, 6.07) is -0.907. The van der Waals surface area contributed by atoms with Gasteiger partial charge >= 0.3 is 0 Å². The van der Waals surface area contributed by atoms with E-state index in [4.69, 9.17) is 0 Å². The molecule has 0 aromatic carbocycles. The highest BCUT2D eigenvalue weighted by Crippen LogP contribution is 2.58. The van der Waals surface area contributed by atoms with Gasteiger partial charge in [0.15, 0.2) is 5.78 Å². The average Bonchev–Trinajstić information content (AvgIpc) is 2.86. The van der Waals surface area contributed by atoms with Gasteiger partial charge in [0.1, 0.15) is 17.4 Å². The number of fused-ring (bicyclic) bond motifs is 1. The number of Topliss-reactive ketones (excluding diaryl/α,β-unsaturated/α-hetero) is 1. The number of ketones is 1. The average molecular weight is 388 g/mol. The molecule has 0 unspecified atom stereocenters. The zero-order valence-electron chi connectivity index (χ0n) is 17.6. The number of amides is 1. The summed E-state index contributed by atoms with van der Waals surface area (Å²) in [5, 5.41) is 21.0. The summed E-state index contributed by atoms with van der Waals surface area (Å²) in [6.45, 7) is 7.87. The Hall–Kier alpha value is -1.88. The molecule has 0 radical (unpaired) electrons. The van der Waals surface area contributed by atoms with Crippen LogP contribution in [-0.4, -0.2) is 46.5 Å². The molecule has 1 saturated carbocycles. The Morgan fingerprint density at radius 3 is 2.61 bits per heavy atom. The second-order valence-electron chi connectivity index (χ2n) is 9.09. The number of carbonyl (C=O) groups excluding carboxylic acids is 2. The normalized spacial score (nSPS) is 40.7. The van der Waals surface area contributed by atoms with Gasteiger partial charge in [-0.3, -0.25) is 9.59 Å². The molecule has 0 aromatic heterocycles. The van der Waals surface area contributed by atoms with E-state index in [1.54, 1.807) is 0 Å². The lowest BCUT2D eigenvalue weighted by Gasteiger charge is -2.52. The number of likely N-dealkylation sites (tertiary alicyclic amines) is 1. The van der Waals surface area contributed by atoms with Crippen molar-refractivity contribution in [1.82, 2.24) is 4.90 Å². The first-order chi connectivity index (χ1) is 13.2. The SMILES string of the molecule is CC=C[C@H]1C(C)=C[C@H]2C[C@@H](C)CC[C@@H]2[C@@]1(C)C(O)=C1C(=O)[C@H](CO)N(C)C1=O. The monoisotopic (exact) mass is 387 g/mol. The van der Waals surface area contributed by atoms with Crippen molar-refractivity contribution in [2.45, 2.75) is 53.0 Å². The molecular weight excluding hydrogens is 354 g/mol. The van der Waals surface area contributed by atoms with Gasteiger partial charge in [-0.25, -0.2) is 0 Å². The highest BCUT2D eigenvalue weighted by molar-refractivity contribution is 6.26. The maximum Gasteiger partial charge on any atom is 0.261 e. The molecule has 5 heteroatoms. The van der Waals surface area contributed by atoms with Crippen molar-refractivity contribution >= 4 is 11.7 Å². The van der Waals surface area contributed by atoms with Crippen LogP contribution in [0.3, 0.4) is 0 Å². The third-order valence-electron chi connectivity index (χ3n) is 7.40. The Morgan fingerprint density at radius 1 is 1.36 bits per heavy atom. The molecule has 2 aliphatic carbocycles. The molecule has 154 valence electrons. The first kappa shape index (κ1) is 20.8. The van der Waals surface area contributed by atoms with Crippen molar-refractivity contribution < 1.29 is 19.8 Å². The second-order valence-corrected chi connectivity index (χ2v) is 9.09. The molecule has 2 fully saturated rings. The van der Waals surface area contributed by atoms with Gasteiger partial charge in [0.05, 0.1) is 6.61 Å². The quantitative estimate of drug-likeness (QED) is 0.337. The summed E-state index contributed by atoms with van der Waals surface area (Å²) < 4.78 is 0. The van der Waals surface area contributed by atoms with E-state index in [0.717, 1.165) is 19.3 Å². The third-order valence-corrected chi connectivity index (χ3v) is 7.40. The molecule has 0 bridgehead atoms. The largest absolute Gasteiger partial charge is 0.511 e. The van der Waals surface area contributed by atoms with Crippen molar-refractivity contribution in [2.24, 2.45) is 29.1 Å². The van der Waals surface area contributed by atoms with E-state index < -0.39 is 29.8 Å². The van der Waals surface area contributed by atoms with Crippen molar-refractivity contribution in [3.63, 3.8) is 0 Å². The van der Waals surface area contributed by atoms with Crippen LogP contribution in [0.15, 0.2) is 35.1 Å². The molecule has 2 N–H and O–H groups in total. The van der Waals surface area contributed by atoms with E-state index in [0.29, 0.717) is 11.8 Å². The molecule has 5 nitrogen and oxygen atoms in total. The molecule has 6 atom stereocenters. The minimum absolute atomic E-state index is 0.0706. The van der Waals surface area contributed by atoms with Crippen LogP contribution < -0.4 is 0 Å². The number of nitrogens with zero attached hydrogens (tertiary/aromatic N) is 1. The van der Waals surface area contributed by atoms with Gasteiger partial charge in [-0.15, -0.1) is 0 Å². The van der Waals surface area contributed by atoms with Crippen LogP contribution in [0.1, 0.15) is 47.0 Å². The van der Waals surface area contributed by atoms with Crippen LogP contribution >= 0.6 is 0 Å². The topological polar surface area (TPSA) is 77.8 Å². The Morgan fingerprint density at radius 2 is 2.04 bits per heavy atom. The Bertz CT molecular complexity index is 765. The van der Waals surface area contributed by atoms with Gasteiger partial charge in [0.2, 0.25) is 0 Å². The summed E-state index contributed by atoms with van der Waals surface area (Å²) >= 11 is 0. The molecule has 3 rings (SSSR count). The van der Waals surface area contributed by atoms with Crippen LogP contribution in [0.25, 0.3) is 0 Å². The number of aliphatic hydroxyl groups is 2.